The second-order valence-electron chi connectivity index (χ2n) is 6.42. The minimum atomic E-state index is -0.368. The van der Waals surface area contributed by atoms with Gasteiger partial charge < -0.3 is 10.5 Å². The number of Topliss-reactive ketones (excluding diaryl/α,β-unsaturated/α-hetero) is 1. The van der Waals surface area contributed by atoms with Crippen LogP contribution < -0.4 is 10.5 Å². The lowest BCUT2D eigenvalue weighted by Gasteiger charge is -2.30. The van der Waals surface area contributed by atoms with Gasteiger partial charge in [0.1, 0.15) is 5.75 Å². The fourth-order valence-corrected chi connectivity index (χ4v) is 3.22. The minimum absolute atomic E-state index is 0.108. The van der Waals surface area contributed by atoms with Crippen molar-refractivity contribution in [3.05, 3.63) is 29.8 Å². The third-order valence-electron chi connectivity index (χ3n) is 4.40. The lowest BCUT2D eigenvalue weighted by atomic mass is 9.74. The average Bonchev–Trinajstić information content (AvgIpc) is 2.72. The summed E-state index contributed by atoms with van der Waals surface area (Å²) in [6.07, 6.45) is 6.57. The molecule has 116 valence electrons. The number of rotatable bonds is 5. The molecule has 0 spiro atoms. The Kier molecular flexibility index (Phi) is 5.40. The Balaban J connectivity index is 2.24. The van der Waals surface area contributed by atoms with E-state index >= 15 is 0 Å². The van der Waals surface area contributed by atoms with Crippen LogP contribution in [0.4, 0.5) is 0 Å². The molecule has 0 atom stereocenters. The minimum Gasteiger partial charge on any atom is -0.491 e. The highest BCUT2D eigenvalue weighted by molar-refractivity contribution is 6.01. The largest absolute Gasteiger partial charge is 0.491 e. The number of carbonyl (C=O) groups is 1. The van der Waals surface area contributed by atoms with Gasteiger partial charge in [0.05, 0.1) is 6.10 Å². The molecule has 1 fully saturated rings. The highest BCUT2D eigenvalue weighted by Crippen LogP contribution is 2.37. The van der Waals surface area contributed by atoms with Gasteiger partial charge in [-0.3, -0.25) is 4.79 Å². The third kappa shape index (κ3) is 3.85. The molecule has 3 heteroatoms. The summed E-state index contributed by atoms with van der Waals surface area (Å²) in [5, 5.41) is 0. The van der Waals surface area contributed by atoms with Gasteiger partial charge >= 0.3 is 0 Å². The molecule has 1 aromatic rings. The number of hydrogen-bond acceptors (Lipinski definition) is 3. The van der Waals surface area contributed by atoms with Gasteiger partial charge in [0, 0.05) is 17.5 Å². The second kappa shape index (κ2) is 7.08. The summed E-state index contributed by atoms with van der Waals surface area (Å²) in [6.45, 7) is 4.42. The van der Waals surface area contributed by atoms with Crippen LogP contribution in [0.3, 0.4) is 0 Å². The van der Waals surface area contributed by atoms with Crippen LogP contribution in [0.25, 0.3) is 0 Å². The Labute approximate surface area is 127 Å². The molecule has 3 nitrogen and oxygen atoms in total. The molecule has 0 radical (unpaired) electrons. The first-order valence-electron chi connectivity index (χ1n) is 8.09. The van der Waals surface area contributed by atoms with E-state index in [1.807, 2.05) is 38.1 Å². The number of ether oxygens (including phenoxy) is 1. The van der Waals surface area contributed by atoms with Gasteiger partial charge in [-0.15, -0.1) is 0 Å². The van der Waals surface area contributed by atoms with E-state index in [2.05, 4.69) is 0 Å². The average molecular weight is 289 g/mol. The molecule has 2 N–H and O–H groups in total. The molecule has 21 heavy (non-hydrogen) atoms. The van der Waals surface area contributed by atoms with E-state index in [1.165, 1.54) is 12.8 Å². The van der Waals surface area contributed by atoms with Crippen molar-refractivity contribution in [1.82, 2.24) is 0 Å². The van der Waals surface area contributed by atoms with E-state index < -0.39 is 0 Å². The number of benzene rings is 1. The van der Waals surface area contributed by atoms with Gasteiger partial charge in [-0.25, -0.2) is 0 Å². The fraction of sp³-hybridized carbons (Fsp3) is 0.611. The highest BCUT2D eigenvalue weighted by atomic mass is 16.5. The lowest BCUT2D eigenvalue weighted by molar-refractivity contribution is 0.0773. The van der Waals surface area contributed by atoms with E-state index in [0.717, 1.165) is 37.0 Å². The van der Waals surface area contributed by atoms with E-state index in [9.17, 15) is 4.79 Å². The van der Waals surface area contributed by atoms with Crippen molar-refractivity contribution in [2.24, 2.45) is 11.1 Å². The molecule has 0 unspecified atom stereocenters. The predicted octanol–water partition coefficient (Wildman–Crippen LogP) is 3.96. The summed E-state index contributed by atoms with van der Waals surface area (Å²) >= 11 is 0. The summed E-state index contributed by atoms with van der Waals surface area (Å²) < 4.78 is 5.70. The maximum atomic E-state index is 13.0. The van der Waals surface area contributed by atoms with E-state index in [1.54, 1.807) is 0 Å². The van der Waals surface area contributed by atoms with Crippen molar-refractivity contribution in [2.45, 2.75) is 58.5 Å². The molecule has 0 amide bonds. The maximum absolute atomic E-state index is 13.0. The van der Waals surface area contributed by atoms with E-state index in [4.69, 9.17) is 10.5 Å². The van der Waals surface area contributed by atoms with Crippen LogP contribution in [-0.4, -0.2) is 18.4 Å². The molecule has 1 saturated carbocycles. The third-order valence-corrected chi connectivity index (χ3v) is 4.40. The SMILES string of the molecule is CC(C)Oc1cccc(C(=O)C2(CN)CCCCCC2)c1. The van der Waals surface area contributed by atoms with Crippen molar-refractivity contribution < 1.29 is 9.53 Å². The molecule has 0 aromatic heterocycles. The summed E-state index contributed by atoms with van der Waals surface area (Å²) in [7, 11) is 0. The zero-order valence-electron chi connectivity index (χ0n) is 13.2. The van der Waals surface area contributed by atoms with Crippen molar-refractivity contribution >= 4 is 5.78 Å². The predicted molar refractivity (Wildman–Crippen MR) is 85.7 cm³/mol. The summed E-state index contributed by atoms with van der Waals surface area (Å²) in [5.41, 5.74) is 6.38. The van der Waals surface area contributed by atoms with Gasteiger partial charge in [0.25, 0.3) is 0 Å². The first-order valence-corrected chi connectivity index (χ1v) is 8.09. The van der Waals surface area contributed by atoms with Crippen LogP contribution in [0.5, 0.6) is 5.75 Å². The molecule has 0 saturated heterocycles. The standard InChI is InChI=1S/C18H27NO2/c1-14(2)21-16-9-7-8-15(12-16)17(20)18(13-19)10-5-3-4-6-11-18/h7-9,12,14H,3-6,10-11,13,19H2,1-2H3. The topological polar surface area (TPSA) is 52.3 Å². The summed E-state index contributed by atoms with van der Waals surface area (Å²) in [4.78, 5) is 13.0. The number of nitrogens with two attached hydrogens (primary N) is 1. The molecule has 0 heterocycles. The Morgan fingerprint density at radius 3 is 2.48 bits per heavy atom. The van der Waals surface area contributed by atoms with E-state index in [-0.39, 0.29) is 17.3 Å². The van der Waals surface area contributed by atoms with Crippen molar-refractivity contribution in [3.63, 3.8) is 0 Å². The van der Waals surface area contributed by atoms with Gasteiger partial charge in [-0.05, 0) is 38.8 Å². The van der Waals surface area contributed by atoms with Crippen LogP contribution in [0, 0.1) is 5.41 Å². The Morgan fingerprint density at radius 1 is 1.24 bits per heavy atom. The van der Waals surface area contributed by atoms with Crippen LogP contribution in [-0.2, 0) is 0 Å². The van der Waals surface area contributed by atoms with Crippen molar-refractivity contribution in [3.8, 4) is 5.75 Å². The lowest BCUT2D eigenvalue weighted by Crippen LogP contribution is -2.38. The molecular formula is C18H27NO2. The zero-order valence-corrected chi connectivity index (χ0v) is 13.2. The van der Waals surface area contributed by atoms with Gasteiger partial charge in [0.15, 0.2) is 5.78 Å². The number of ketones is 1. The van der Waals surface area contributed by atoms with Crippen LogP contribution >= 0.6 is 0 Å². The van der Waals surface area contributed by atoms with Gasteiger partial charge in [-0.2, -0.15) is 0 Å². The zero-order chi connectivity index (χ0) is 15.3. The quantitative estimate of drug-likeness (QED) is 0.659. The van der Waals surface area contributed by atoms with Gasteiger partial charge in [0.2, 0.25) is 0 Å². The Bertz CT molecular complexity index is 474. The summed E-state index contributed by atoms with van der Waals surface area (Å²) in [5.74, 6) is 0.956. The van der Waals surface area contributed by atoms with Crippen molar-refractivity contribution in [2.75, 3.05) is 6.54 Å². The normalized spacial score (nSPS) is 18.3. The molecule has 1 aliphatic carbocycles. The Morgan fingerprint density at radius 2 is 1.90 bits per heavy atom. The van der Waals surface area contributed by atoms with E-state index in [0.29, 0.717) is 6.54 Å². The fourth-order valence-electron chi connectivity index (χ4n) is 3.22. The molecule has 1 aliphatic rings. The van der Waals surface area contributed by atoms with Gasteiger partial charge in [-0.1, -0.05) is 37.8 Å². The number of carbonyl (C=O) groups excluding carboxylic acids is 1. The molecule has 1 aromatic carbocycles. The molecule has 0 aliphatic heterocycles. The first-order chi connectivity index (χ1) is 10.1. The monoisotopic (exact) mass is 289 g/mol. The van der Waals surface area contributed by atoms with Crippen LogP contribution in [0.2, 0.25) is 0 Å². The maximum Gasteiger partial charge on any atom is 0.170 e. The number of hydrogen-bond donors (Lipinski definition) is 1. The summed E-state index contributed by atoms with van der Waals surface area (Å²) in [6, 6.07) is 7.55. The highest BCUT2D eigenvalue weighted by Gasteiger charge is 2.37. The van der Waals surface area contributed by atoms with Crippen molar-refractivity contribution in [1.29, 1.82) is 0 Å². The van der Waals surface area contributed by atoms with Crippen LogP contribution in [0.1, 0.15) is 62.7 Å². The molecule has 2 rings (SSSR count). The smallest absolute Gasteiger partial charge is 0.170 e. The van der Waals surface area contributed by atoms with Crippen LogP contribution in [0.15, 0.2) is 24.3 Å². The molecule has 0 bridgehead atoms. The Hall–Kier alpha value is -1.35. The second-order valence-corrected chi connectivity index (χ2v) is 6.42. The first kappa shape index (κ1) is 16.0. The molecular weight excluding hydrogens is 262 g/mol.